The molecule has 16 heavy (non-hydrogen) atoms. The standard InChI is InChI=1S/C10H12BNO4/c1-14-10(13)7-3-2-4-8(12)9(7)11-5-6-15-16-11/h2-4H,5-6,12H2,1H3. The van der Waals surface area contributed by atoms with Crippen molar-refractivity contribution in [3.8, 4) is 0 Å². The van der Waals surface area contributed by atoms with Crippen LogP contribution in [0.3, 0.4) is 0 Å². The van der Waals surface area contributed by atoms with E-state index < -0.39 is 5.97 Å². The maximum Gasteiger partial charge on any atom is 0.378 e. The average molecular weight is 221 g/mol. The van der Waals surface area contributed by atoms with Crippen molar-refractivity contribution in [2.45, 2.75) is 6.32 Å². The molecule has 1 aliphatic rings. The lowest BCUT2D eigenvalue weighted by Crippen LogP contribution is -2.36. The first kappa shape index (κ1) is 11.0. The first-order valence-corrected chi connectivity index (χ1v) is 4.99. The van der Waals surface area contributed by atoms with Crippen molar-refractivity contribution >= 4 is 24.0 Å². The number of nitrogen functional groups attached to an aromatic ring is 1. The molecule has 6 heteroatoms. The number of carbonyl (C=O) groups excluding carboxylic acids is 1. The molecule has 1 aliphatic heterocycles. The Balaban J connectivity index is 2.43. The van der Waals surface area contributed by atoms with E-state index in [0.29, 0.717) is 29.6 Å². The smallest absolute Gasteiger partial charge is 0.378 e. The molecule has 0 unspecified atom stereocenters. The predicted octanol–water partition coefficient (Wildman–Crippen LogP) is 0.216. The van der Waals surface area contributed by atoms with E-state index in [2.05, 4.69) is 0 Å². The van der Waals surface area contributed by atoms with Gasteiger partial charge < -0.3 is 10.5 Å². The van der Waals surface area contributed by atoms with E-state index in [0.717, 1.165) is 0 Å². The molecule has 0 spiro atoms. The van der Waals surface area contributed by atoms with Crippen LogP contribution in [0.5, 0.6) is 0 Å². The van der Waals surface area contributed by atoms with Gasteiger partial charge in [-0.05, 0) is 23.9 Å². The highest BCUT2D eigenvalue weighted by atomic mass is 17.2. The summed E-state index contributed by atoms with van der Waals surface area (Å²) in [6.07, 6.45) is 0.679. The zero-order valence-electron chi connectivity index (χ0n) is 8.93. The summed E-state index contributed by atoms with van der Waals surface area (Å²) >= 11 is 0. The Labute approximate surface area is 93.5 Å². The number of benzene rings is 1. The van der Waals surface area contributed by atoms with E-state index in [4.69, 9.17) is 20.2 Å². The first-order chi connectivity index (χ1) is 7.74. The molecule has 0 radical (unpaired) electrons. The zero-order valence-corrected chi connectivity index (χ0v) is 8.93. The van der Waals surface area contributed by atoms with Crippen LogP contribution in [0.25, 0.3) is 0 Å². The molecular weight excluding hydrogens is 209 g/mol. The summed E-state index contributed by atoms with van der Waals surface area (Å²) < 4.78 is 4.70. The molecule has 2 N–H and O–H groups in total. The lowest BCUT2D eigenvalue weighted by Gasteiger charge is -2.11. The van der Waals surface area contributed by atoms with Crippen molar-refractivity contribution in [2.24, 2.45) is 0 Å². The molecule has 1 fully saturated rings. The Morgan fingerprint density at radius 2 is 2.38 bits per heavy atom. The summed E-state index contributed by atoms with van der Waals surface area (Å²) in [4.78, 5) is 21.5. The van der Waals surface area contributed by atoms with Gasteiger partial charge in [-0.2, -0.15) is 0 Å². The van der Waals surface area contributed by atoms with Gasteiger partial charge in [0.25, 0.3) is 0 Å². The van der Waals surface area contributed by atoms with E-state index in [1.165, 1.54) is 7.11 Å². The van der Waals surface area contributed by atoms with Crippen LogP contribution in [0.15, 0.2) is 18.2 Å². The van der Waals surface area contributed by atoms with Gasteiger partial charge in [0.1, 0.15) is 0 Å². The minimum absolute atomic E-state index is 0.296. The van der Waals surface area contributed by atoms with Gasteiger partial charge in [-0.25, -0.2) is 4.79 Å². The number of nitrogens with two attached hydrogens (primary N) is 1. The fraction of sp³-hybridized carbons (Fsp3) is 0.300. The van der Waals surface area contributed by atoms with Gasteiger partial charge in [0.05, 0.1) is 19.3 Å². The summed E-state index contributed by atoms with van der Waals surface area (Å²) in [5, 5.41) is 0. The molecule has 1 saturated heterocycles. The van der Waals surface area contributed by atoms with Gasteiger partial charge in [0.2, 0.25) is 0 Å². The maximum atomic E-state index is 11.6. The molecular formula is C10H12BNO4. The van der Waals surface area contributed by atoms with Crippen LogP contribution in [0, 0.1) is 0 Å². The summed E-state index contributed by atoms with van der Waals surface area (Å²) in [5.41, 5.74) is 7.44. The Hall–Kier alpha value is -1.53. The molecule has 1 heterocycles. The Kier molecular flexibility index (Phi) is 3.12. The summed E-state index contributed by atoms with van der Waals surface area (Å²) in [6.45, 7) is 0.204. The highest BCUT2D eigenvalue weighted by molar-refractivity contribution is 6.70. The molecule has 0 aliphatic carbocycles. The minimum atomic E-state index is -0.419. The number of hydrogen-bond acceptors (Lipinski definition) is 5. The monoisotopic (exact) mass is 221 g/mol. The summed E-state index contributed by atoms with van der Waals surface area (Å²) in [7, 11) is 1.33. The van der Waals surface area contributed by atoms with E-state index in [1.807, 2.05) is 0 Å². The third kappa shape index (κ3) is 1.89. The molecule has 2 rings (SSSR count). The highest BCUT2D eigenvalue weighted by Crippen LogP contribution is 2.14. The van der Waals surface area contributed by atoms with Crippen LogP contribution in [0.2, 0.25) is 6.32 Å². The molecule has 0 atom stereocenters. The number of methoxy groups -OCH3 is 1. The van der Waals surface area contributed by atoms with E-state index in [1.54, 1.807) is 18.2 Å². The van der Waals surface area contributed by atoms with Gasteiger partial charge in [0, 0.05) is 5.69 Å². The van der Waals surface area contributed by atoms with Crippen molar-refractivity contribution < 1.29 is 19.2 Å². The van der Waals surface area contributed by atoms with E-state index >= 15 is 0 Å². The largest absolute Gasteiger partial charge is 0.465 e. The van der Waals surface area contributed by atoms with Crippen molar-refractivity contribution in [3.05, 3.63) is 23.8 Å². The van der Waals surface area contributed by atoms with Crippen LogP contribution in [-0.2, 0) is 14.4 Å². The third-order valence-corrected chi connectivity index (χ3v) is 2.51. The molecule has 1 aromatic carbocycles. The fourth-order valence-corrected chi connectivity index (χ4v) is 1.76. The van der Waals surface area contributed by atoms with E-state index in [9.17, 15) is 4.79 Å². The lowest BCUT2D eigenvalue weighted by molar-refractivity contribution is -0.184. The first-order valence-electron chi connectivity index (χ1n) is 4.99. The second-order valence-corrected chi connectivity index (χ2v) is 3.50. The predicted molar refractivity (Wildman–Crippen MR) is 59.4 cm³/mol. The third-order valence-electron chi connectivity index (χ3n) is 2.51. The molecule has 0 amide bonds. The number of ether oxygens (including phenoxy) is 1. The Morgan fingerprint density at radius 3 is 3.00 bits per heavy atom. The quantitative estimate of drug-likeness (QED) is 0.334. The number of rotatable bonds is 2. The fourth-order valence-electron chi connectivity index (χ4n) is 1.76. The second-order valence-electron chi connectivity index (χ2n) is 3.50. The summed E-state index contributed by atoms with van der Waals surface area (Å²) in [6, 6.07) is 5.10. The molecule has 0 saturated carbocycles. The number of anilines is 1. The van der Waals surface area contributed by atoms with E-state index in [-0.39, 0.29) is 6.92 Å². The van der Waals surface area contributed by atoms with Crippen LogP contribution in [0.4, 0.5) is 5.69 Å². The molecule has 0 bridgehead atoms. The van der Waals surface area contributed by atoms with Crippen molar-refractivity contribution in [1.29, 1.82) is 0 Å². The van der Waals surface area contributed by atoms with Gasteiger partial charge in [-0.3, -0.25) is 9.69 Å². The van der Waals surface area contributed by atoms with Gasteiger partial charge in [0.15, 0.2) is 0 Å². The highest BCUT2D eigenvalue weighted by Gasteiger charge is 2.32. The Morgan fingerprint density at radius 1 is 1.56 bits per heavy atom. The van der Waals surface area contributed by atoms with Crippen LogP contribution in [-0.4, -0.2) is 26.6 Å². The molecule has 1 aromatic rings. The Bertz CT molecular complexity index is 404. The molecule has 0 aromatic heterocycles. The number of carbonyl (C=O) groups is 1. The van der Waals surface area contributed by atoms with Crippen molar-refractivity contribution in [3.63, 3.8) is 0 Å². The summed E-state index contributed by atoms with van der Waals surface area (Å²) in [5.74, 6) is -0.419. The SMILES string of the molecule is COC(=O)c1cccc(N)c1B1CCOO1. The lowest BCUT2D eigenvalue weighted by atomic mass is 9.57. The maximum absolute atomic E-state index is 11.6. The van der Waals surface area contributed by atoms with Crippen molar-refractivity contribution in [2.75, 3.05) is 19.5 Å². The van der Waals surface area contributed by atoms with Gasteiger partial charge >= 0.3 is 12.9 Å². The van der Waals surface area contributed by atoms with Crippen molar-refractivity contribution in [1.82, 2.24) is 0 Å². The normalized spacial score (nSPS) is 15.2. The molecule has 5 nitrogen and oxygen atoms in total. The zero-order chi connectivity index (χ0) is 11.5. The second kappa shape index (κ2) is 4.55. The average Bonchev–Trinajstić information content (AvgIpc) is 2.81. The van der Waals surface area contributed by atoms with Crippen LogP contribution < -0.4 is 11.2 Å². The molecule has 84 valence electrons. The number of esters is 1. The van der Waals surface area contributed by atoms with Crippen LogP contribution >= 0.6 is 0 Å². The van der Waals surface area contributed by atoms with Gasteiger partial charge in [-0.1, -0.05) is 6.07 Å². The number of hydrogen-bond donors (Lipinski definition) is 1. The van der Waals surface area contributed by atoms with Gasteiger partial charge in [-0.15, -0.1) is 0 Å². The topological polar surface area (TPSA) is 70.8 Å². The minimum Gasteiger partial charge on any atom is -0.465 e. The van der Waals surface area contributed by atoms with Crippen LogP contribution in [0.1, 0.15) is 10.4 Å².